The first kappa shape index (κ1) is 23.7. The van der Waals surface area contributed by atoms with Crippen LogP contribution in [-0.2, 0) is 14.3 Å². The van der Waals surface area contributed by atoms with Gasteiger partial charge >= 0.3 is 5.97 Å². The Morgan fingerprint density at radius 2 is 1.77 bits per heavy atom. The van der Waals surface area contributed by atoms with Crippen molar-refractivity contribution in [2.45, 2.75) is 51.9 Å². The van der Waals surface area contributed by atoms with Crippen molar-refractivity contribution in [3.63, 3.8) is 0 Å². The van der Waals surface area contributed by atoms with E-state index >= 15 is 0 Å². The summed E-state index contributed by atoms with van der Waals surface area (Å²) in [4.78, 5) is 28.8. The van der Waals surface area contributed by atoms with E-state index in [1.807, 2.05) is 29.2 Å². The van der Waals surface area contributed by atoms with E-state index < -0.39 is 0 Å². The van der Waals surface area contributed by atoms with Gasteiger partial charge in [-0.25, -0.2) is 0 Å². The van der Waals surface area contributed by atoms with Gasteiger partial charge in [0, 0.05) is 49.8 Å². The molecule has 0 radical (unpaired) electrons. The summed E-state index contributed by atoms with van der Waals surface area (Å²) in [7, 11) is 1.40. The standard InChI is InChI=1S/C23H36N4O3/c1-3-4-5-14-27(15-6-7-21(28)30-2)23(29)19-12-16-26(17-13-19)20-10-8-18(9-11-20)22(24)25/h8-11,19H,3-7,12-17H2,1-2H3,(H3,24,25). The number of benzene rings is 1. The number of nitrogens with one attached hydrogen (secondary N) is 1. The molecule has 166 valence electrons. The second kappa shape index (κ2) is 12.2. The number of carbonyl (C=O) groups is 2. The van der Waals surface area contributed by atoms with Gasteiger partial charge in [0.05, 0.1) is 7.11 Å². The van der Waals surface area contributed by atoms with Crippen molar-refractivity contribution in [1.29, 1.82) is 5.41 Å². The highest BCUT2D eigenvalue weighted by molar-refractivity contribution is 5.95. The van der Waals surface area contributed by atoms with Gasteiger partial charge in [-0.15, -0.1) is 0 Å². The fourth-order valence-corrected chi connectivity index (χ4v) is 3.90. The monoisotopic (exact) mass is 416 g/mol. The molecule has 0 atom stereocenters. The Kier molecular flexibility index (Phi) is 9.64. The van der Waals surface area contributed by atoms with Gasteiger partial charge in [-0.2, -0.15) is 0 Å². The Morgan fingerprint density at radius 1 is 1.13 bits per heavy atom. The number of anilines is 1. The van der Waals surface area contributed by atoms with E-state index in [4.69, 9.17) is 15.9 Å². The summed E-state index contributed by atoms with van der Waals surface area (Å²) in [6, 6.07) is 7.71. The van der Waals surface area contributed by atoms with Crippen LogP contribution in [-0.4, -0.2) is 55.9 Å². The number of carbonyl (C=O) groups excluding carboxylic acids is 2. The highest BCUT2D eigenvalue weighted by Crippen LogP contribution is 2.25. The smallest absolute Gasteiger partial charge is 0.305 e. The first-order valence-corrected chi connectivity index (χ1v) is 11.0. The second-order valence-electron chi connectivity index (χ2n) is 7.93. The van der Waals surface area contributed by atoms with Gasteiger partial charge in [-0.3, -0.25) is 15.0 Å². The van der Waals surface area contributed by atoms with Crippen LogP contribution >= 0.6 is 0 Å². The minimum atomic E-state index is -0.222. The Labute approximate surface area is 180 Å². The molecule has 0 saturated carbocycles. The highest BCUT2D eigenvalue weighted by atomic mass is 16.5. The molecular weight excluding hydrogens is 380 g/mol. The molecule has 1 heterocycles. The van der Waals surface area contributed by atoms with Crippen LogP contribution in [0.5, 0.6) is 0 Å². The largest absolute Gasteiger partial charge is 0.469 e. The van der Waals surface area contributed by atoms with Crippen molar-refractivity contribution in [2.75, 3.05) is 38.2 Å². The van der Waals surface area contributed by atoms with E-state index in [2.05, 4.69) is 11.8 Å². The topological polar surface area (TPSA) is 99.7 Å². The molecular formula is C23H36N4O3. The predicted octanol–water partition coefficient (Wildman–Crippen LogP) is 3.16. The Hall–Kier alpha value is -2.57. The molecule has 1 saturated heterocycles. The van der Waals surface area contributed by atoms with Gasteiger partial charge in [0.1, 0.15) is 5.84 Å². The van der Waals surface area contributed by atoms with Gasteiger partial charge in [0.2, 0.25) is 5.91 Å². The van der Waals surface area contributed by atoms with Crippen LogP contribution in [0.3, 0.4) is 0 Å². The number of amidine groups is 1. The summed E-state index contributed by atoms with van der Waals surface area (Å²) >= 11 is 0. The molecule has 1 fully saturated rings. The number of hydrogen-bond acceptors (Lipinski definition) is 5. The maximum absolute atomic E-state index is 13.2. The molecule has 1 aliphatic rings. The maximum Gasteiger partial charge on any atom is 0.305 e. The molecule has 1 aliphatic heterocycles. The van der Waals surface area contributed by atoms with E-state index in [9.17, 15) is 9.59 Å². The Balaban J connectivity index is 1.90. The zero-order valence-electron chi connectivity index (χ0n) is 18.4. The molecule has 0 unspecified atom stereocenters. The molecule has 1 aromatic rings. The van der Waals surface area contributed by atoms with Crippen LogP contribution in [0.1, 0.15) is 57.4 Å². The lowest BCUT2D eigenvalue weighted by Crippen LogP contribution is -2.43. The number of nitrogen functional groups attached to an aromatic ring is 1. The predicted molar refractivity (Wildman–Crippen MR) is 120 cm³/mol. The number of rotatable bonds is 11. The van der Waals surface area contributed by atoms with Gasteiger partial charge in [0.15, 0.2) is 0 Å². The number of nitrogens with zero attached hydrogens (tertiary/aromatic N) is 2. The molecule has 1 amide bonds. The number of methoxy groups -OCH3 is 1. The van der Waals surface area contributed by atoms with Crippen molar-refractivity contribution in [3.8, 4) is 0 Å². The number of amides is 1. The van der Waals surface area contributed by atoms with E-state index in [0.717, 1.165) is 63.0 Å². The van der Waals surface area contributed by atoms with Crippen LogP contribution < -0.4 is 10.6 Å². The summed E-state index contributed by atoms with van der Waals surface area (Å²) in [5, 5.41) is 7.50. The fraction of sp³-hybridized carbons (Fsp3) is 0.609. The third-order valence-electron chi connectivity index (χ3n) is 5.77. The lowest BCUT2D eigenvalue weighted by molar-refractivity contribution is -0.142. The third-order valence-corrected chi connectivity index (χ3v) is 5.77. The summed E-state index contributed by atoms with van der Waals surface area (Å²) in [6.07, 6.45) is 5.88. The zero-order valence-corrected chi connectivity index (χ0v) is 18.4. The number of ether oxygens (including phenoxy) is 1. The lowest BCUT2D eigenvalue weighted by atomic mass is 9.94. The van der Waals surface area contributed by atoms with Crippen LogP contribution in [0.15, 0.2) is 24.3 Å². The van der Waals surface area contributed by atoms with Crippen molar-refractivity contribution in [3.05, 3.63) is 29.8 Å². The number of piperidine rings is 1. The normalized spacial score (nSPS) is 14.4. The molecule has 2 rings (SSSR count). The van der Waals surface area contributed by atoms with Crippen LogP contribution in [0, 0.1) is 11.3 Å². The third kappa shape index (κ3) is 7.04. The quantitative estimate of drug-likeness (QED) is 0.250. The molecule has 0 aliphatic carbocycles. The van der Waals surface area contributed by atoms with Crippen LogP contribution in [0.2, 0.25) is 0 Å². The van der Waals surface area contributed by atoms with Crippen LogP contribution in [0.25, 0.3) is 0 Å². The number of hydrogen-bond donors (Lipinski definition) is 2. The molecule has 30 heavy (non-hydrogen) atoms. The van der Waals surface area contributed by atoms with Crippen molar-refractivity contribution < 1.29 is 14.3 Å². The Morgan fingerprint density at radius 3 is 2.33 bits per heavy atom. The van der Waals surface area contributed by atoms with E-state index in [-0.39, 0.29) is 23.6 Å². The molecule has 3 N–H and O–H groups in total. The lowest BCUT2D eigenvalue weighted by Gasteiger charge is -2.35. The zero-order chi connectivity index (χ0) is 21.9. The summed E-state index contributed by atoms with van der Waals surface area (Å²) in [5.41, 5.74) is 7.35. The maximum atomic E-state index is 13.2. The molecule has 1 aromatic carbocycles. The molecule has 0 aromatic heterocycles. The van der Waals surface area contributed by atoms with Gasteiger partial charge in [-0.05, 0) is 49.9 Å². The number of nitrogens with two attached hydrogens (primary N) is 1. The van der Waals surface area contributed by atoms with E-state index in [1.54, 1.807) is 0 Å². The van der Waals surface area contributed by atoms with Crippen LogP contribution in [0.4, 0.5) is 5.69 Å². The van der Waals surface area contributed by atoms with Crippen molar-refractivity contribution >= 4 is 23.4 Å². The van der Waals surface area contributed by atoms with Crippen molar-refractivity contribution in [2.24, 2.45) is 11.7 Å². The molecule has 7 heteroatoms. The van der Waals surface area contributed by atoms with E-state index in [1.165, 1.54) is 7.11 Å². The van der Waals surface area contributed by atoms with Gasteiger partial charge in [-0.1, -0.05) is 19.8 Å². The molecule has 0 spiro atoms. The number of unbranched alkanes of at least 4 members (excludes halogenated alkanes) is 2. The van der Waals surface area contributed by atoms with Gasteiger partial charge in [0.25, 0.3) is 0 Å². The summed E-state index contributed by atoms with van der Waals surface area (Å²) in [6.45, 7) is 5.20. The summed E-state index contributed by atoms with van der Waals surface area (Å²) < 4.78 is 4.72. The first-order chi connectivity index (χ1) is 14.5. The highest BCUT2D eigenvalue weighted by Gasteiger charge is 2.28. The molecule has 0 bridgehead atoms. The average Bonchev–Trinajstić information content (AvgIpc) is 2.77. The average molecular weight is 417 g/mol. The number of esters is 1. The minimum Gasteiger partial charge on any atom is -0.469 e. The second-order valence-corrected chi connectivity index (χ2v) is 7.93. The fourth-order valence-electron chi connectivity index (χ4n) is 3.90. The van der Waals surface area contributed by atoms with E-state index in [0.29, 0.717) is 19.4 Å². The first-order valence-electron chi connectivity index (χ1n) is 11.0. The Bertz CT molecular complexity index is 697. The molecule has 7 nitrogen and oxygen atoms in total. The summed E-state index contributed by atoms with van der Waals surface area (Å²) in [5.74, 6) is 0.112. The SMILES string of the molecule is CCCCCN(CCCC(=O)OC)C(=O)C1CCN(c2ccc(C(=N)N)cc2)CC1. The van der Waals surface area contributed by atoms with Crippen molar-refractivity contribution in [1.82, 2.24) is 4.90 Å². The minimum absolute atomic E-state index is 0.0393. The van der Waals surface area contributed by atoms with Gasteiger partial charge < -0.3 is 20.3 Å².